The molecule has 0 bridgehead atoms. The summed E-state index contributed by atoms with van der Waals surface area (Å²) in [6.07, 6.45) is 15.3. The molecule has 0 radical (unpaired) electrons. The van der Waals surface area contributed by atoms with Crippen LogP contribution < -0.4 is 62.6 Å². The van der Waals surface area contributed by atoms with Gasteiger partial charge in [-0.1, -0.05) is 163 Å². The summed E-state index contributed by atoms with van der Waals surface area (Å²) in [7, 11) is -6.06. The van der Waals surface area contributed by atoms with Gasteiger partial charge in [0.05, 0.1) is 57.4 Å². The first-order valence-corrected chi connectivity index (χ1v) is 34.3. The van der Waals surface area contributed by atoms with Gasteiger partial charge in [0.25, 0.3) is 20.6 Å². The van der Waals surface area contributed by atoms with Crippen molar-refractivity contribution in [3.05, 3.63) is 145 Å². The minimum absolute atomic E-state index is 0.117. The van der Waals surface area contributed by atoms with E-state index in [-0.39, 0.29) is 19.0 Å². The summed E-state index contributed by atoms with van der Waals surface area (Å²) >= 11 is 0. The first-order valence-electron chi connectivity index (χ1n) is 31.1. The number of rotatable bonds is 42. The molecule has 5 aromatic carbocycles. The van der Waals surface area contributed by atoms with E-state index in [0.717, 1.165) is 25.7 Å². The first kappa shape index (κ1) is 72.6. The zero-order valence-electron chi connectivity index (χ0n) is 52.7. The van der Waals surface area contributed by atoms with E-state index in [0.29, 0.717) is 39.1 Å². The quantitative estimate of drug-likeness (QED) is 0.0143. The molecule has 21 heteroatoms. The van der Waals surface area contributed by atoms with Crippen LogP contribution in [0.1, 0.15) is 143 Å². The molecule has 0 unspecified atom stereocenters. The summed E-state index contributed by atoms with van der Waals surface area (Å²) in [5, 5.41) is 27.8. The van der Waals surface area contributed by atoms with E-state index >= 15 is 0 Å². The molecule has 0 aliphatic rings. The van der Waals surface area contributed by atoms with Gasteiger partial charge < -0.3 is 55.5 Å². The van der Waals surface area contributed by atoms with Gasteiger partial charge in [-0.2, -0.15) is 0 Å². The molecule has 0 heterocycles. The van der Waals surface area contributed by atoms with Gasteiger partial charge in [-0.25, -0.2) is 0 Å². The third-order valence-electron chi connectivity index (χ3n) is 14.7. The molecule has 0 fully saturated rings. The third-order valence-corrected chi connectivity index (χ3v) is 19.6. The van der Waals surface area contributed by atoms with E-state index in [2.05, 4.69) is 38.8 Å². The average molecular weight is 1270 g/mol. The maximum absolute atomic E-state index is 14.8. The fourth-order valence-electron chi connectivity index (χ4n) is 9.72. The number of benzene rings is 5. The minimum atomic E-state index is -3.75. The number of hydrogen-bond donors (Lipinski definition) is 7. The number of aliphatic hydroxyl groups is 1. The van der Waals surface area contributed by atoms with Gasteiger partial charge >= 0.3 is 0 Å². The molecule has 0 aromatic heterocycles. The Morgan fingerprint density at radius 1 is 0.494 bits per heavy atom. The smallest absolute Gasteiger partial charge is 0.261 e. The predicted molar refractivity (Wildman–Crippen MR) is 350 cm³/mol. The molecule has 19 nitrogen and oxygen atoms in total. The largest absolute Gasteiger partial charge is 0.497 e. The number of nitrogens with one attached hydrogen (secondary N) is 6. The highest BCUT2D eigenvalue weighted by atomic mass is 31.2. The molecule has 6 amide bonds. The lowest BCUT2D eigenvalue weighted by atomic mass is 10.0. The molecular formula is C68H94N6O13P2. The summed E-state index contributed by atoms with van der Waals surface area (Å²) in [4.78, 5) is 84.0. The fourth-order valence-corrected chi connectivity index (χ4v) is 14.2. The molecule has 5 rings (SSSR count). The minimum Gasteiger partial charge on any atom is -0.497 e. The van der Waals surface area contributed by atoms with Crippen LogP contribution in [0.15, 0.2) is 140 Å². The number of ether oxygens (including phenoxy) is 2. The number of carbonyl (C=O) groups excluding carboxylic acids is 6. The van der Waals surface area contributed by atoms with E-state index in [1.54, 1.807) is 161 Å². The van der Waals surface area contributed by atoms with Crippen LogP contribution >= 0.6 is 14.7 Å². The number of aliphatic hydroxyl groups excluding tert-OH is 1. The van der Waals surface area contributed by atoms with Crippen LogP contribution in [0.25, 0.3) is 0 Å². The molecule has 0 saturated heterocycles. The topological polar surface area (TPSA) is 266 Å². The van der Waals surface area contributed by atoms with Gasteiger partial charge in [-0.15, -0.1) is 0 Å². The van der Waals surface area contributed by atoms with Gasteiger partial charge in [0.2, 0.25) is 29.5 Å². The third kappa shape index (κ3) is 25.3. The van der Waals surface area contributed by atoms with Crippen molar-refractivity contribution in [2.45, 2.75) is 167 Å². The molecule has 0 spiro atoms. The number of carbonyl (C=O) groups is 6. The lowest BCUT2D eigenvalue weighted by molar-refractivity contribution is -0.135. The summed E-state index contributed by atoms with van der Waals surface area (Å²) < 4.78 is 53.2. The summed E-state index contributed by atoms with van der Waals surface area (Å²) in [6.45, 7) is 6.95. The second-order valence-corrected chi connectivity index (χ2v) is 28.3. The van der Waals surface area contributed by atoms with Crippen molar-refractivity contribution in [1.29, 1.82) is 0 Å². The van der Waals surface area contributed by atoms with E-state index in [4.69, 9.17) is 18.5 Å². The Labute approximate surface area is 526 Å². The number of unbranched alkanes of at least 4 members (excludes halogenated alkanes) is 13. The Hall–Kier alpha value is -7.14. The Bertz CT molecular complexity index is 3000. The monoisotopic (exact) mass is 1260 g/mol. The van der Waals surface area contributed by atoms with Gasteiger partial charge in [-0.3, -0.25) is 37.9 Å². The summed E-state index contributed by atoms with van der Waals surface area (Å²) in [6, 6.07) is 35.8. The highest BCUT2D eigenvalue weighted by molar-refractivity contribution is 7.74. The van der Waals surface area contributed by atoms with Crippen molar-refractivity contribution in [2.75, 3.05) is 40.0 Å². The van der Waals surface area contributed by atoms with Crippen molar-refractivity contribution in [3.63, 3.8) is 0 Å². The molecule has 5 aromatic rings. The second-order valence-electron chi connectivity index (χ2n) is 23.5. The first-order chi connectivity index (χ1) is 42.7. The number of methoxy groups -OCH3 is 1. The SMILES string of the molecule is CCCCCCCCCCCCCCCCNC(=O)CNC(=O)C[C@H](NC(=O)C[C@H](NC(=O)COc1cc(OC)ccc1CO)C(=O)NC(C)(C)COP(=O)(c1ccccc1)c1ccccc1)C(=O)NC(C)(C)COP(=O)(c1ccccc1)c1ccccc1. The normalized spacial score (nSPS) is 12.4. The van der Waals surface area contributed by atoms with E-state index in [1.807, 2.05) is 0 Å². The maximum Gasteiger partial charge on any atom is 0.261 e. The van der Waals surface area contributed by atoms with Crippen molar-refractivity contribution in [1.82, 2.24) is 31.9 Å². The number of hydrogen-bond acceptors (Lipinski definition) is 13. The van der Waals surface area contributed by atoms with Crippen LogP contribution in [0, 0.1) is 0 Å². The Morgan fingerprint density at radius 2 is 0.888 bits per heavy atom. The molecular weight excluding hydrogens is 1170 g/mol. The van der Waals surface area contributed by atoms with E-state index in [9.17, 15) is 43.0 Å². The molecule has 7 N–H and O–H groups in total. The lowest BCUT2D eigenvalue weighted by Crippen LogP contribution is -2.58. The van der Waals surface area contributed by atoms with Crippen molar-refractivity contribution >= 4 is 71.4 Å². The predicted octanol–water partition coefficient (Wildman–Crippen LogP) is 8.71. The van der Waals surface area contributed by atoms with Gasteiger partial charge in [0.1, 0.15) is 23.6 Å². The standard InChI is InChI=1S/C68H94N6O13P2/c1-7-8-9-10-11-12-13-14-15-16-17-18-19-32-43-69-63(78)47-70-61(76)45-58(65(80)73-67(2,3)50-86-88(82,54-33-24-20-25-34-54)55-35-26-21-27-36-55)71-62(77)46-59(72-64(79)49-85-60-44-53(84-6)42-41-52(60)48-75)66(81)74-68(4,5)51-87-89(83,56-37-28-22-29-38-56)57-39-30-23-31-40-57/h20-31,33-42,44,58-59,75H,7-19,32,43,45-51H2,1-6H3,(H,69,78)(H,70,76)(H,71,77)(H,72,79)(H,73,80)(H,74,81)/t58-,59-/m0/s1. The second kappa shape index (κ2) is 37.8. The van der Waals surface area contributed by atoms with Crippen LogP contribution in [0.2, 0.25) is 0 Å². The Balaban J connectivity index is 1.30. The molecule has 2 atom stereocenters. The van der Waals surface area contributed by atoms with Crippen molar-refractivity contribution < 1.29 is 61.5 Å². The molecule has 484 valence electrons. The Kier molecular flexibility index (Phi) is 30.8. The van der Waals surface area contributed by atoms with E-state index < -0.39 is 106 Å². The van der Waals surface area contributed by atoms with Gasteiger partial charge in [0, 0.05) is 39.4 Å². The van der Waals surface area contributed by atoms with Crippen LogP contribution in [-0.2, 0) is 53.6 Å². The van der Waals surface area contributed by atoms with Crippen LogP contribution in [0.4, 0.5) is 0 Å². The molecule has 0 aliphatic heterocycles. The van der Waals surface area contributed by atoms with Crippen molar-refractivity contribution in [2.24, 2.45) is 0 Å². The van der Waals surface area contributed by atoms with Crippen LogP contribution in [-0.4, -0.2) is 104 Å². The Morgan fingerprint density at radius 3 is 1.29 bits per heavy atom. The summed E-state index contributed by atoms with van der Waals surface area (Å²) in [5.41, 5.74) is -2.26. The summed E-state index contributed by atoms with van der Waals surface area (Å²) in [5.74, 6) is -4.29. The van der Waals surface area contributed by atoms with Gasteiger partial charge in [0.15, 0.2) is 6.61 Å². The lowest BCUT2D eigenvalue weighted by Gasteiger charge is -2.32. The van der Waals surface area contributed by atoms with Gasteiger partial charge in [-0.05, 0) is 94.8 Å². The average Bonchev–Trinajstić information content (AvgIpc) is 2.52. The van der Waals surface area contributed by atoms with Crippen molar-refractivity contribution in [3.8, 4) is 11.5 Å². The molecule has 0 saturated carbocycles. The number of amides is 6. The van der Waals surface area contributed by atoms with Crippen LogP contribution in [0.5, 0.6) is 11.5 Å². The van der Waals surface area contributed by atoms with Crippen LogP contribution in [0.3, 0.4) is 0 Å². The fraction of sp³-hybridized carbons (Fsp3) is 0.471. The zero-order valence-corrected chi connectivity index (χ0v) is 54.5. The zero-order chi connectivity index (χ0) is 64.6. The maximum atomic E-state index is 14.8. The molecule has 89 heavy (non-hydrogen) atoms. The molecule has 0 aliphatic carbocycles. The van der Waals surface area contributed by atoms with E-state index in [1.165, 1.54) is 77.4 Å². The highest BCUT2D eigenvalue weighted by Crippen LogP contribution is 2.46. The highest BCUT2D eigenvalue weighted by Gasteiger charge is 2.37.